The Morgan fingerprint density at radius 2 is 1.22 bits per heavy atom. The first-order chi connectivity index (χ1) is 15.1. The third-order valence-electron chi connectivity index (χ3n) is 5.72. The Morgan fingerprint density at radius 1 is 0.594 bits per heavy atom. The number of aliphatic hydroxyl groups excluding tert-OH is 10. The molecule has 0 unspecified atom stereocenters. The van der Waals surface area contributed by atoms with E-state index in [2.05, 4.69) is 0 Å². The van der Waals surface area contributed by atoms with Gasteiger partial charge in [-0.15, -0.1) is 0 Å². The molecule has 188 valence electrons. The summed E-state index contributed by atoms with van der Waals surface area (Å²) in [5.41, 5.74) is 0. The molecule has 3 saturated heterocycles. The molecule has 0 amide bonds. The highest BCUT2D eigenvalue weighted by molar-refractivity contribution is 4.93. The van der Waals surface area contributed by atoms with E-state index in [1.54, 1.807) is 0 Å². The molecule has 3 fully saturated rings. The average molecular weight is 474 g/mol. The summed E-state index contributed by atoms with van der Waals surface area (Å²) in [5.74, 6) is 0. The first-order valence-electron chi connectivity index (χ1n) is 10.00. The van der Waals surface area contributed by atoms with Crippen LogP contribution < -0.4 is 0 Å². The lowest BCUT2D eigenvalue weighted by molar-refractivity contribution is -0.362. The van der Waals surface area contributed by atoms with E-state index >= 15 is 0 Å². The van der Waals surface area contributed by atoms with Gasteiger partial charge in [0, 0.05) is 0 Å². The van der Waals surface area contributed by atoms with Crippen molar-refractivity contribution < 1.29 is 74.7 Å². The zero-order valence-corrected chi connectivity index (χ0v) is 16.7. The SMILES string of the molecule is OC[C@H]1O[C@@H](O[C@H]2CO[C@@H](O[C@@H]3[C@H](O)[C@@H](O)[C@H](O)O[C@@H]3CO)[C@H](O)[C@H]2O)[C@H](O)[C@@H](O)[C@H]1O. The van der Waals surface area contributed by atoms with Crippen LogP contribution in [0.4, 0.5) is 0 Å². The molecule has 3 aliphatic heterocycles. The van der Waals surface area contributed by atoms with Crippen molar-refractivity contribution in [1.82, 2.24) is 0 Å². The molecule has 14 atom stereocenters. The second kappa shape index (κ2) is 10.8. The Bertz CT molecular complexity index is 592. The summed E-state index contributed by atoms with van der Waals surface area (Å²) in [6, 6.07) is 0. The summed E-state index contributed by atoms with van der Waals surface area (Å²) in [4.78, 5) is 0. The highest BCUT2D eigenvalue weighted by Gasteiger charge is 2.50. The predicted octanol–water partition coefficient (Wildman–Crippen LogP) is -6.93. The van der Waals surface area contributed by atoms with Gasteiger partial charge in [0.25, 0.3) is 0 Å². The monoisotopic (exact) mass is 474 g/mol. The van der Waals surface area contributed by atoms with Crippen molar-refractivity contribution in [2.24, 2.45) is 0 Å². The van der Waals surface area contributed by atoms with Gasteiger partial charge in [-0.1, -0.05) is 0 Å². The van der Waals surface area contributed by atoms with E-state index in [-0.39, 0.29) is 0 Å². The maximum Gasteiger partial charge on any atom is 0.187 e. The molecule has 0 aromatic rings. The van der Waals surface area contributed by atoms with Crippen molar-refractivity contribution in [3.63, 3.8) is 0 Å². The van der Waals surface area contributed by atoms with E-state index in [1.165, 1.54) is 0 Å². The van der Waals surface area contributed by atoms with Gasteiger partial charge < -0.3 is 74.7 Å². The number of hydrogen-bond donors (Lipinski definition) is 10. The van der Waals surface area contributed by atoms with Crippen molar-refractivity contribution in [1.29, 1.82) is 0 Å². The van der Waals surface area contributed by atoms with Crippen molar-refractivity contribution in [2.75, 3.05) is 19.8 Å². The summed E-state index contributed by atoms with van der Waals surface area (Å²) >= 11 is 0. The van der Waals surface area contributed by atoms with Crippen molar-refractivity contribution in [3.05, 3.63) is 0 Å². The summed E-state index contributed by atoms with van der Waals surface area (Å²) in [5, 5.41) is 98.5. The minimum absolute atomic E-state index is 0.434. The molecule has 32 heavy (non-hydrogen) atoms. The van der Waals surface area contributed by atoms with Gasteiger partial charge in [-0.25, -0.2) is 0 Å². The van der Waals surface area contributed by atoms with E-state index in [0.717, 1.165) is 0 Å². The van der Waals surface area contributed by atoms with Gasteiger partial charge in [-0.2, -0.15) is 0 Å². The standard InChI is InChI=1S/C17H30O15/c18-1-4-7(20)9(22)13(26)17(30-4)31-6-3-28-16(12(25)8(6)21)32-14-5(2-19)29-15(27)11(24)10(14)23/h4-27H,1-3H2/t4-,5-,6+,7+,8+,9+,10-,11-,12-,13-,14+,15-,16+,17+/m1/s1. The molecule has 0 aliphatic carbocycles. The van der Waals surface area contributed by atoms with Gasteiger partial charge in [0.2, 0.25) is 0 Å². The Labute approximate surface area is 181 Å². The van der Waals surface area contributed by atoms with Crippen LogP contribution in [-0.4, -0.2) is 157 Å². The molecule has 3 heterocycles. The molecule has 0 aromatic heterocycles. The summed E-state index contributed by atoms with van der Waals surface area (Å²) in [7, 11) is 0. The maximum absolute atomic E-state index is 10.4. The minimum atomic E-state index is -1.78. The highest BCUT2D eigenvalue weighted by atomic mass is 16.7. The molecule has 0 spiro atoms. The van der Waals surface area contributed by atoms with Crippen LogP contribution in [0.2, 0.25) is 0 Å². The van der Waals surface area contributed by atoms with Crippen LogP contribution in [0.3, 0.4) is 0 Å². The Kier molecular flexibility index (Phi) is 8.75. The summed E-state index contributed by atoms with van der Waals surface area (Å²) in [6.07, 6.45) is -22.2. The third kappa shape index (κ3) is 5.07. The smallest absolute Gasteiger partial charge is 0.187 e. The highest BCUT2D eigenvalue weighted by Crippen LogP contribution is 2.29. The zero-order chi connectivity index (χ0) is 23.7. The van der Waals surface area contributed by atoms with Crippen LogP contribution in [0, 0.1) is 0 Å². The molecular weight excluding hydrogens is 444 g/mol. The van der Waals surface area contributed by atoms with Crippen molar-refractivity contribution >= 4 is 0 Å². The Balaban J connectivity index is 1.62. The van der Waals surface area contributed by atoms with E-state index in [1.807, 2.05) is 0 Å². The second-order valence-corrected chi connectivity index (χ2v) is 7.88. The quantitative estimate of drug-likeness (QED) is 0.172. The van der Waals surface area contributed by atoms with Crippen LogP contribution in [0.1, 0.15) is 0 Å². The van der Waals surface area contributed by atoms with E-state index < -0.39 is 106 Å². The predicted molar refractivity (Wildman–Crippen MR) is 95.2 cm³/mol. The number of ether oxygens (including phenoxy) is 5. The first kappa shape index (κ1) is 26.0. The van der Waals surface area contributed by atoms with Crippen LogP contribution in [0.15, 0.2) is 0 Å². The lowest BCUT2D eigenvalue weighted by Crippen LogP contribution is -2.64. The molecule has 3 aliphatic rings. The van der Waals surface area contributed by atoms with Crippen LogP contribution in [0.25, 0.3) is 0 Å². The van der Waals surface area contributed by atoms with Gasteiger partial charge in [0.15, 0.2) is 18.9 Å². The van der Waals surface area contributed by atoms with Gasteiger partial charge >= 0.3 is 0 Å². The molecule has 3 rings (SSSR count). The van der Waals surface area contributed by atoms with Crippen LogP contribution in [0.5, 0.6) is 0 Å². The van der Waals surface area contributed by atoms with E-state index in [9.17, 15) is 51.1 Å². The number of rotatable bonds is 6. The Hall–Kier alpha value is -0.600. The lowest BCUT2D eigenvalue weighted by atomic mass is 9.98. The zero-order valence-electron chi connectivity index (χ0n) is 16.7. The van der Waals surface area contributed by atoms with Gasteiger partial charge in [0.1, 0.15) is 67.1 Å². The fraction of sp³-hybridized carbons (Fsp3) is 1.00. The average Bonchev–Trinajstić information content (AvgIpc) is 2.78. The normalized spacial score (nSPS) is 52.7. The maximum atomic E-state index is 10.4. The molecule has 15 heteroatoms. The summed E-state index contributed by atoms with van der Waals surface area (Å²) in [6.45, 7) is -1.83. The van der Waals surface area contributed by atoms with Gasteiger partial charge in [-0.05, 0) is 0 Å². The lowest BCUT2D eigenvalue weighted by Gasteiger charge is -2.45. The largest absolute Gasteiger partial charge is 0.394 e. The number of hydrogen-bond acceptors (Lipinski definition) is 15. The van der Waals surface area contributed by atoms with Gasteiger partial charge in [0.05, 0.1) is 19.8 Å². The van der Waals surface area contributed by atoms with Crippen molar-refractivity contribution in [2.45, 2.75) is 86.0 Å². The Morgan fingerprint density at radius 3 is 1.84 bits per heavy atom. The molecule has 15 nitrogen and oxygen atoms in total. The molecule has 0 aromatic carbocycles. The third-order valence-corrected chi connectivity index (χ3v) is 5.72. The van der Waals surface area contributed by atoms with Gasteiger partial charge in [-0.3, -0.25) is 0 Å². The molecule has 0 saturated carbocycles. The number of aliphatic hydroxyl groups is 10. The topological polar surface area (TPSA) is 248 Å². The van der Waals surface area contributed by atoms with Crippen LogP contribution >= 0.6 is 0 Å². The molecule has 10 N–H and O–H groups in total. The van der Waals surface area contributed by atoms with E-state index in [0.29, 0.717) is 0 Å². The molecular formula is C17H30O15. The fourth-order valence-corrected chi connectivity index (χ4v) is 3.75. The molecule has 0 radical (unpaired) electrons. The summed E-state index contributed by atoms with van der Waals surface area (Å²) < 4.78 is 26.2. The first-order valence-corrected chi connectivity index (χ1v) is 10.00. The van der Waals surface area contributed by atoms with Crippen LogP contribution in [-0.2, 0) is 23.7 Å². The molecule has 0 bridgehead atoms. The fourth-order valence-electron chi connectivity index (χ4n) is 3.75. The van der Waals surface area contributed by atoms with E-state index in [4.69, 9.17) is 23.7 Å². The second-order valence-electron chi connectivity index (χ2n) is 7.88. The minimum Gasteiger partial charge on any atom is -0.394 e. The van der Waals surface area contributed by atoms with Crippen molar-refractivity contribution in [3.8, 4) is 0 Å².